The fourth-order valence-electron chi connectivity index (χ4n) is 0.524. The molecular formula is C6H11BrO3. The monoisotopic (exact) mass is 210 g/mol. The van der Waals surface area contributed by atoms with Crippen LogP contribution in [-0.4, -0.2) is 29.6 Å². The van der Waals surface area contributed by atoms with Crippen LogP contribution in [0.3, 0.4) is 0 Å². The molecule has 10 heavy (non-hydrogen) atoms. The number of rotatable bonds is 4. The van der Waals surface area contributed by atoms with Crippen molar-refractivity contribution in [3.05, 3.63) is 0 Å². The summed E-state index contributed by atoms with van der Waals surface area (Å²) in [5, 5.41) is 9.75. The molecule has 4 heteroatoms. The first-order valence-corrected chi connectivity index (χ1v) is 4.16. The lowest BCUT2D eigenvalue weighted by Crippen LogP contribution is -2.21. The molecule has 0 rings (SSSR count). The molecule has 0 saturated carbocycles. The van der Waals surface area contributed by atoms with E-state index >= 15 is 0 Å². The summed E-state index contributed by atoms with van der Waals surface area (Å²) in [4.78, 5) is 10.5. The predicted molar refractivity (Wildman–Crippen MR) is 41.1 cm³/mol. The molecule has 1 N–H and O–H groups in total. The predicted octanol–water partition coefficient (Wildman–Crippen LogP) is 0.695. The summed E-state index contributed by atoms with van der Waals surface area (Å²) in [6.45, 7) is 0. The van der Waals surface area contributed by atoms with Crippen LogP contribution in [0.15, 0.2) is 0 Å². The Bertz CT molecular complexity index is 105. The van der Waals surface area contributed by atoms with Gasteiger partial charge in [0.1, 0.15) is 0 Å². The number of carbonyl (C=O) groups excluding carboxylic acids is 1. The van der Waals surface area contributed by atoms with Crippen LogP contribution in [0.25, 0.3) is 0 Å². The Balaban J connectivity index is 3.41. The van der Waals surface area contributed by atoms with Gasteiger partial charge in [0.05, 0.1) is 7.11 Å². The number of alkyl halides is 1. The van der Waals surface area contributed by atoms with Crippen LogP contribution in [0.1, 0.15) is 12.8 Å². The van der Waals surface area contributed by atoms with Gasteiger partial charge in [0.25, 0.3) is 0 Å². The number of aliphatic hydroxyl groups excluding tert-OH is 1. The molecule has 0 saturated heterocycles. The molecule has 0 aliphatic carbocycles. The minimum absolute atomic E-state index is 0.456. The summed E-state index contributed by atoms with van der Waals surface area (Å²) in [6, 6.07) is 0. The maximum absolute atomic E-state index is 10.5. The number of aliphatic hydroxyl groups is 1. The average molecular weight is 211 g/mol. The molecule has 0 aliphatic rings. The van der Waals surface area contributed by atoms with Crippen molar-refractivity contribution in [1.82, 2.24) is 0 Å². The summed E-state index contributed by atoms with van der Waals surface area (Å²) < 4.78 is 4.30. The van der Waals surface area contributed by atoms with Crippen LogP contribution in [0.5, 0.6) is 0 Å². The van der Waals surface area contributed by atoms with Crippen molar-refractivity contribution in [2.45, 2.75) is 18.9 Å². The molecule has 0 amide bonds. The molecule has 0 bridgehead atoms. The van der Waals surface area contributed by atoms with E-state index < -0.39 is 12.1 Å². The standard InChI is InChI=1S/C6H11BrO3/c1-10-6(9)5(8)3-2-4-7/h5,8H,2-4H2,1H3. The van der Waals surface area contributed by atoms with Crippen molar-refractivity contribution in [2.75, 3.05) is 12.4 Å². The van der Waals surface area contributed by atoms with E-state index in [1.807, 2.05) is 0 Å². The summed E-state index contributed by atoms with van der Waals surface area (Å²) in [6.07, 6.45) is 0.274. The van der Waals surface area contributed by atoms with Gasteiger partial charge in [0, 0.05) is 5.33 Å². The molecule has 0 heterocycles. The van der Waals surface area contributed by atoms with Crippen LogP contribution >= 0.6 is 15.9 Å². The number of halogens is 1. The van der Waals surface area contributed by atoms with Crippen LogP contribution in [0, 0.1) is 0 Å². The number of esters is 1. The number of hydrogen-bond donors (Lipinski definition) is 1. The van der Waals surface area contributed by atoms with Crippen molar-refractivity contribution in [3.63, 3.8) is 0 Å². The van der Waals surface area contributed by atoms with Crippen molar-refractivity contribution < 1.29 is 14.6 Å². The van der Waals surface area contributed by atoms with E-state index in [4.69, 9.17) is 5.11 Å². The van der Waals surface area contributed by atoms with E-state index in [2.05, 4.69) is 20.7 Å². The molecule has 0 aromatic rings. The van der Waals surface area contributed by atoms with Crippen molar-refractivity contribution in [3.8, 4) is 0 Å². The molecule has 0 radical (unpaired) electrons. The van der Waals surface area contributed by atoms with Gasteiger partial charge < -0.3 is 9.84 Å². The topological polar surface area (TPSA) is 46.5 Å². The van der Waals surface area contributed by atoms with Gasteiger partial charge in [0.15, 0.2) is 6.10 Å². The molecule has 1 unspecified atom stereocenters. The summed E-state index contributed by atoms with van der Waals surface area (Å²) >= 11 is 3.19. The molecule has 0 aliphatic heterocycles. The summed E-state index contributed by atoms with van der Waals surface area (Å²) in [5.41, 5.74) is 0. The lowest BCUT2D eigenvalue weighted by molar-refractivity contribution is -0.150. The highest BCUT2D eigenvalue weighted by Gasteiger charge is 2.13. The Morgan fingerprint density at radius 1 is 1.80 bits per heavy atom. The van der Waals surface area contributed by atoms with Gasteiger partial charge in [-0.1, -0.05) is 15.9 Å². The highest BCUT2D eigenvalue weighted by atomic mass is 79.9. The summed E-state index contributed by atoms with van der Waals surface area (Å²) in [7, 11) is 1.26. The van der Waals surface area contributed by atoms with Gasteiger partial charge in [-0.3, -0.25) is 0 Å². The van der Waals surface area contributed by atoms with Crippen molar-refractivity contribution >= 4 is 21.9 Å². The highest BCUT2D eigenvalue weighted by molar-refractivity contribution is 9.09. The molecule has 0 fully saturated rings. The van der Waals surface area contributed by atoms with E-state index in [-0.39, 0.29) is 0 Å². The van der Waals surface area contributed by atoms with E-state index in [0.717, 1.165) is 11.8 Å². The first kappa shape index (κ1) is 9.91. The normalized spacial score (nSPS) is 12.7. The minimum atomic E-state index is -0.956. The third-order valence-corrected chi connectivity index (χ3v) is 1.65. The van der Waals surface area contributed by atoms with Crippen molar-refractivity contribution in [2.24, 2.45) is 0 Å². The maximum atomic E-state index is 10.5. The van der Waals surface area contributed by atoms with Gasteiger partial charge in [-0.15, -0.1) is 0 Å². The third kappa shape index (κ3) is 3.85. The Kier molecular flexibility index (Phi) is 5.63. The first-order valence-electron chi connectivity index (χ1n) is 3.04. The van der Waals surface area contributed by atoms with Gasteiger partial charge in [-0.05, 0) is 12.8 Å². The lowest BCUT2D eigenvalue weighted by atomic mass is 10.2. The van der Waals surface area contributed by atoms with Gasteiger partial charge in [-0.25, -0.2) is 4.79 Å². The summed E-state index contributed by atoms with van der Waals surface area (Å²) in [5.74, 6) is -0.555. The van der Waals surface area contributed by atoms with E-state index in [0.29, 0.717) is 6.42 Å². The number of methoxy groups -OCH3 is 1. The Morgan fingerprint density at radius 2 is 2.40 bits per heavy atom. The SMILES string of the molecule is COC(=O)C(O)CCCBr. The molecule has 60 valence electrons. The van der Waals surface area contributed by atoms with Crippen LogP contribution in [0.4, 0.5) is 0 Å². The zero-order valence-electron chi connectivity index (χ0n) is 5.84. The second kappa shape index (κ2) is 5.68. The average Bonchev–Trinajstić information content (AvgIpc) is 1.98. The van der Waals surface area contributed by atoms with E-state index in [1.54, 1.807) is 0 Å². The molecule has 1 atom stereocenters. The van der Waals surface area contributed by atoms with Gasteiger partial charge in [-0.2, -0.15) is 0 Å². The molecule has 0 aromatic carbocycles. The van der Waals surface area contributed by atoms with E-state index in [1.165, 1.54) is 7.11 Å². The quantitative estimate of drug-likeness (QED) is 0.549. The zero-order chi connectivity index (χ0) is 7.98. The van der Waals surface area contributed by atoms with Crippen LogP contribution in [-0.2, 0) is 9.53 Å². The maximum Gasteiger partial charge on any atom is 0.334 e. The fourth-order valence-corrected chi connectivity index (χ4v) is 0.848. The second-order valence-electron chi connectivity index (χ2n) is 1.87. The number of ether oxygens (including phenoxy) is 1. The molecular weight excluding hydrogens is 200 g/mol. The zero-order valence-corrected chi connectivity index (χ0v) is 7.43. The molecule has 0 spiro atoms. The lowest BCUT2D eigenvalue weighted by Gasteiger charge is -2.05. The van der Waals surface area contributed by atoms with Gasteiger partial charge in [0.2, 0.25) is 0 Å². The number of carbonyl (C=O) groups is 1. The van der Waals surface area contributed by atoms with E-state index in [9.17, 15) is 4.79 Å². The van der Waals surface area contributed by atoms with Crippen molar-refractivity contribution in [1.29, 1.82) is 0 Å². The number of hydrogen-bond acceptors (Lipinski definition) is 3. The Hall–Kier alpha value is -0.0900. The minimum Gasteiger partial charge on any atom is -0.467 e. The second-order valence-corrected chi connectivity index (χ2v) is 2.66. The highest BCUT2D eigenvalue weighted by Crippen LogP contribution is 2.00. The smallest absolute Gasteiger partial charge is 0.334 e. The third-order valence-electron chi connectivity index (χ3n) is 1.08. The van der Waals surface area contributed by atoms with Gasteiger partial charge >= 0.3 is 5.97 Å². The van der Waals surface area contributed by atoms with Crippen LogP contribution in [0.2, 0.25) is 0 Å². The first-order chi connectivity index (χ1) is 4.72. The fraction of sp³-hybridized carbons (Fsp3) is 0.833. The largest absolute Gasteiger partial charge is 0.467 e. The Morgan fingerprint density at radius 3 is 2.80 bits per heavy atom. The molecule has 0 aromatic heterocycles. The Labute approximate surface area is 68.5 Å². The molecule has 3 nitrogen and oxygen atoms in total. The van der Waals surface area contributed by atoms with Crippen LogP contribution < -0.4 is 0 Å².